The summed E-state index contributed by atoms with van der Waals surface area (Å²) in [6.45, 7) is 8.10. The summed E-state index contributed by atoms with van der Waals surface area (Å²) in [6, 6.07) is 1.16. The number of rotatable bonds is 6. The minimum Gasteiger partial charge on any atom is -0.507 e. The van der Waals surface area contributed by atoms with Crippen LogP contribution in [0.3, 0.4) is 0 Å². The van der Waals surface area contributed by atoms with Crippen molar-refractivity contribution in [3.63, 3.8) is 0 Å². The summed E-state index contributed by atoms with van der Waals surface area (Å²) in [5, 5.41) is 21.7. The molecule has 0 amide bonds. The Labute approximate surface area is 232 Å². The van der Waals surface area contributed by atoms with Gasteiger partial charge in [0.1, 0.15) is 22.8 Å². The Bertz CT molecular complexity index is 1460. The number of Topliss-reactive ketones (excluding diaryl/α,β-unsaturated/α-hetero) is 4. The van der Waals surface area contributed by atoms with Crippen LogP contribution >= 0.6 is 0 Å². The fourth-order valence-electron chi connectivity index (χ4n) is 7.30. The van der Waals surface area contributed by atoms with Gasteiger partial charge in [-0.3, -0.25) is 24.1 Å². The highest BCUT2D eigenvalue weighted by Gasteiger charge is 2.79. The molecule has 5 atom stereocenters. The highest BCUT2D eigenvalue weighted by molar-refractivity contribution is 6.40. The molecule has 9 nitrogen and oxygen atoms in total. The van der Waals surface area contributed by atoms with Crippen LogP contribution in [0.4, 0.5) is 0 Å². The SMILES string of the molecule is CC(C)=CCc1c(O)cc(O)c2c1O[C@@]13C(=C[C@H]4C(=O)C1(CC=C(C)C)OC[C@@H]3[C@H]4CN1CC(=O)C(=O)C1)C2=O. The number of fused-ring (bicyclic) bond motifs is 1. The van der Waals surface area contributed by atoms with E-state index in [1.54, 1.807) is 11.0 Å². The van der Waals surface area contributed by atoms with Crippen molar-refractivity contribution in [3.05, 3.63) is 52.1 Å². The van der Waals surface area contributed by atoms with Crippen LogP contribution in [-0.2, 0) is 25.5 Å². The fraction of sp³-hybridized carbons (Fsp3) is 0.484. The number of benzene rings is 1. The van der Waals surface area contributed by atoms with Gasteiger partial charge in [-0.2, -0.15) is 0 Å². The predicted molar refractivity (Wildman–Crippen MR) is 143 cm³/mol. The molecular formula is C31H33NO8. The third kappa shape index (κ3) is 3.46. The number of nitrogens with zero attached hydrogens (tertiary/aromatic N) is 1. The molecule has 1 aromatic rings. The first-order valence-electron chi connectivity index (χ1n) is 13.7. The number of likely N-dealkylation sites (tertiary alicyclic amines) is 1. The van der Waals surface area contributed by atoms with E-state index in [0.717, 1.165) is 17.2 Å². The Morgan fingerprint density at radius 2 is 1.70 bits per heavy atom. The number of hydrogen-bond donors (Lipinski definition) is 2. The van der Waals surface area contributed by atoms with Crippen molar-refractivity contribution < 1.29 is 38.9 Å². The highest BCUT2D eigenvalue weighted by Crippen LogP contribution is 2.65. The van der Waals surface area contributed by atoms with Crippen molar-refractivity contribution in [1.29, 1.82) is 0 Å². The van der Waals surface area contributed by atoms with Gasteiger partial charge in [0, 0.05) is 42.0 Å². The van der Waals surface area contributed by atoms with Crippen molar-refractivity contribution in [2.75, 3.05) is 26.2 Å². The number of carbonyl (C=O) groups is 4. The molecule has 3 heterocycles. The quantitative estimate of drug-likeness (QED) is 0.408. The number of carbonyl (C=O) groups excluding carboxylic acids is 4. The predicted octanol–water partition coefficient (Wildman–Crippen LogP) is 2.87. The van der Waals surface area contributed by atoms with Crippen LogP contribution in [0, 0.1) is 17.8 Å². The zero-order chi connectivity index (χ0) is 28.7. The van der Waals surface area contributed by atoms with Gasteiger partial charge in [0.2, 0.25) is 11.6 Å². The number of allylic oxidation sites excluding steroid dienone is 4. The van der Waals surface area contributed by atoms with Gasteiger partial charge in [0.05, 0.1) is 19.7 Å². The molecule has 4 bridgehead atoms. The molecule has 2 N–H and O–H groups in total. The number of phenols is 2. The normalized spacial score (nSPS) is 32.0. The molecule has 3 aliphatic carbocycles. The third-order valence-electron chi connectivity index (χ3n) is 9.16. The molecule has 6 aliphatic rings. The lowest BCUT2D eigenvalue weighted by Crippen LogP contribution is -2.74. The summed E-state index contributed by atoms with van der Waals surface area (Å²) in [5.41, 5.74) is -0.394. The lowest BCUT2D eigenvalue weighted by molar-refractivity contribution is -0.171. The first kappa shape index (κ1) is 26.7. The van der Waals surface area contributed by atoms with Crippen LogP contribution in [0.15, 0.2) is 41.0 Å². The summed E-state index contributed by atoms with van der Waals surface area (Å²) in [5.74, 6) is -3.56. The zero-order valence-electron chi connectivity index (χ0n) is 23.1. The Morgan fingerprint density at radius 1 is 1.02 bits per heavy atom. The minimum absolute atomic E-state index is 0.00643. The van der Waals surface area contributed by atoms with Gasteiger partial charge in [-0.25, -0.2) is 0 Å². The van der Waals surface area contributed by atoms with Gasteiger partial charge in [-0.15, -0.1) is 0 Å². The second-order valence-electron chi connectivity index (χ2n) is 12.1. The molecule has 3 fully saturated rings. The van der Waals surface area contributed by atoms with Crippen molar-refractivity contribution in [3.8, 4) is 17.2 Å². The molecule has 1 aromatic carbocycles. The van der Waals surface area contributed by atoms with E-state index < -0.39 is 40.4 Å². The Hall–Kier alpha value is -3.56. The Morgan fingerprint density at radius 3 is 2.35 bits per heavy atom. The molecular weight excluding hydrogens is 514 g/mol. The first-order valence-corrected chi connectivity index (χ1v) is 13.7. The lowest BCUT2D eigenvalue weighted by atomic mass is 9.49. The van der Waals surface area contributed by atoms with Crippen molar-refractivity contribution in [2.45, 2.75) is 51.7 Å². The number of phenolic OH excluding ortho intramolecular Hbond substituents is 2. The molecule has 3 aliphatic heterocycles. The maximum absolute atomic E-state index is 14.3. The van der Waals surface area contributed by atoms with Gasteiger partial charge in [0.15, 0.2) is 22.8 Å². The topological polar surface area (TPSA) is 130 Å². The number of hydrogen-bond acceptors (Lipinski definition) is 9. The highest BCUT2D eigenvalue weighted by atomic mass is 16.6. The average molecular weight is 548 g/mol. The van der Waals surface area contributed by atoms with Gasteiger partial charge in [-0.05, 0) is 40.0 Å². The Balaban J connectivity index is 1.55. The lowest BCUT2D eigenvalue weighted by Gasteiger charge is -2.58. The minimum atomic E-state index is -1.49. The second-order valence-corrected chi connectivity index (χ2v) is 12.1. The van der Waals surface area contributed by atoms with Crippen molar-refractivity contribution in [2.24, 2.45) is 17.8 Å². The number of ketones is 4. The molecule has 0 radical (unpaired) electrons. The molecule has 9 heteroatoms. The van der Waals surface area contributed by atoms with Crippen LogP contribution in [0.2, 0.25) is 0 Å². The van der Waals surface area contributed by atoms with E-state index in [1.165, 1.54) is 0 Å². The van der Waals surface area contributed by atoms with Gasteiger partial charge in [-0.1, -0.05) is 29.4 Å². The summed E-state index contributed by atoms with van der Waals surface area (Å²) in [4.78, 5) is 54.3. The average Bonchev–Trinajstić information content (AvgIpc) is 3.34. The van der Waals surface area contributed by atoms with Crippen LogP contribution in [0.5, 0.6) is 17.2 Å². The van der Waals surface area contributed by atoms with Crippen molar-refractivity contribution in [1.82, 2.24) is 4.90 Å². The summed E-state index contributed by atoms with van der Waals surface area (Å²) < 4.78 is 13.3. The van der Waals surface area contributed by atoms with E-state index in [0.29, 0.717) is 12.1 Å². The zero-order valence-corrected chi connectivity index (χ0v) is 23.1. The summed E-state index contributed by atoms with van der Waals surface area (Å²) in [7, 11) is 0. The van der Waals surface area contributed by atoms with Gasteiger partial charge in [0.25, 0.3) is 0 Å². The van der Waals surface area contributed by atoms with Crippen molar-refractivity contribution >= 4 is 23.1 Å². The maximum Gasteiger partial charge on any atom is 0.213 e. The molecule has 1 spiro atoms. The van der Waals surface area contributed by atoms with E-state index in [9.17, 15) is 29.4 Å². The van der Waals surface area contributed by atoms with E-state index >= 15 is 0 Å². The van der Waals surface area contributed by atoms with Gasteiger partial charge < -0.3 is 19.7 Å². The first-order chi connectivity index (χ1) is 18.9. The maximum atomic E-state index is 14.3. The van der Waals surface area contributed by atoms with E-state index in [-0.39, 0.29) is 72.6 Å². The molecule has 1 saturated carbocycles. The number of ether oxygens (including phenoxy) is 2. The van der Waals surface area contributed by atoms with E-state index in [4.69, 9.17) is 9.47 Å². The standard InChI is InChI=1S/C31H33NO8/c1-15(2)5-6-17-22(33)10-23(34)26-27(37)20-9-18-19(11-32-12-24(35)25(36)13-32)21-14-39-30(29(18)38,8-7-16(3)4)31(20,21)40-28(17)26/h5,7,9-10,18-19,21,33-34H,6,8,11-14H2,1-4H3/t18-,19+,21-,30?,31-/m1/s1. The largest absolute Gasteiger partial charge is 0.507 e. The Kier molecular flexibility index (Phi) is 5.98. The molecule has 0 aromatic heterocycles. The third-order valence-corrected chi connectivity index (χ3v) is 9.16. The molecule has 40 heavy (non-hydrogen) atoms. The molecule has 210 valence electrons. The van der Waals surface area contributed by atoms with Crippen LogP contribution < -0.4 is 4.74 Å². The van der Waals surface area contributed by atoms with Crippen LogP contribution in [0.1, 0.15) is 50.0 Å². The van der Waals surface area contributed by atoms with Gasteiger partial charge >= 0.3 is 0 Å². The second kappa shape index (κ2) is 8.97. The molecule has 2 saturated heterocycles. The summed E-state index contributed by atoms with van der Waals surface area (Å²) in [6.07, 6.45) is 5.91. The van der Waals surface area contributed by atoms with Crippen LogP contribution in [-0.4, -0.2) is 75.7 Å². The van der Waals surface area contributed by atoms with E-state index in [2.05, 4.69) is 0 Å². The smallest absolute Gasteiger partial charge is 0.213 e. The summed E-state index contributed by atoms with van der Waals surface area (Å²) >= 11 is 0. The van der Waals surface area contributed by atoms with Crippen LogP contribution in [0.25, 0.3) is 0 Å². The van der Waals surface area contributed by atoms with E-state index in [1.807, 2.05) is 39.8 Å². The number of aromatic hydroxyl groups is 2. The molecule has 7 rings (SSSR count). The molecule has 1 unspecified atom stereocenters. The fourth-order valence-corrected chi connectivity index (χ4v) is 7.30. The monoisotopic (exact) mass is 547 g/mol.